The van der Waals surface area contributed by atoms with Crippen LogP contribution in [0.2, 0.25) is 0 Å². The second kappa shape index (κ2) is 10.2. The van der Waals surface area contributed by atoms with Crippen LogP contribution in [0.25, 0.3) is 0 Å². The van der Waals surface area contributed by atoms with Gasteiger partial charge in [-0.05, 0) is 29.5 Å². The van der Waals surface area contributed by atoms with Crippen molar-refractivity contribution in [1.29, 1.82) is 0 Å². The average Bonchev–Trinajstić information content (AvgIpc) is 3.18. The maximum absolute atomic E-state index is 13.8. The molecule has 4 rings (SSSR count). The molecule has 3 aromatic carbocycles. The van der Waals surface area contributed by atoms with Crippen molar-refractivity contribution in [2.45, 2.75) is 25.0 Å². The minimum absolute atomic E-state index is 0.00588. The number of benzene rings is 3. The van der Waals surface area contributed by atoms with Crippen molar-refractivity contribution in [1.82, 2.24) is 4.90 Å². The molecule has 3 atom stereocenters. The van der Waals surface area contributed by atoms with E-state index in [-0.39, 0.29) is 11.9 Å². The fourth-order valence-electron chi connectivity index (χ4n) is 4.03. The van der Waals surface area contributed by atoms with E-state index in [0.29, 0.717) is 10.7 Å². The molecule has 158 valence electrons. The van der Waals surface area contributed by atoms with Gasteiger partial charge in [-0.3, -0.25) is 9.69 Å². The summed E-state index contributed by atoms with van der Waals surface area (Å²) >= 11 is 7.13. The summed E-state index contributed by atoms with van der Waals surface area (Å²) in [7, 11) is 0. The van der Waals surface area contributed by atoms with Gasteiger partial charge >= 0.3 is 0 Å². The average molecular weight is 448 g/mol. The Morgan fingerprint density at radius 2 is 1.48 bits per heavy atom. The standard InChI is InChI=1S/C26H25NO2S2/c28-24(21-14-8-3-9-15-21)23(17-20-12-6-2-7-13-20)25(29)27-22(18-31-26(27)30)16-19-10-4-1-5-11-19/h1-15,22-24,28H,16-18H2/t22-,23-,24-/m0/s1. The monoisotopic (exact) mass is 447 g/mol. The third-order valence-electron chi connectivity index (χ3n) is 5.65. The maximum Gasteiger partial charge on any atom is 0.234 e. The van der Waals surface area contributed by atoms with Crippen molar-refractivity contribution < 1.29 is 9.90 Å². The minimum atomic E-state index is -0.903. The zero-order chi connectivity index (χ0) is 21.6. The zero-order valence-corrected chi connectivity index (χ0v) is 18.8. The lowest BCUT2D eigenvalue weighted by Crippen LogP contribution is -2.45. The number of aliphatic hydroxyl groups is 1. The van der Waals surface area contributed by atoms with Crippen LogP contribution in [0, 0.1) is 5.92 Å². The predicted molar refractivity (Wildman–Crippen MR) is 131 cm³/mol. The van der Waals surface area contributed by atoms with Crippen LogP contribution in [0.4, 0.5) is 0 Å². The number of thiocarbonyl (C=S) groups is 1. The lowest BCUT2D eigenvalue weighted by atomic mass is 9.88. The Balaban J connectivity index is 1.62. The Hall–Kier alpha value is -2.47. The summed E-state index contributed by atoms with van der Waals surface area (Å²) in [4.78, 5) is 15.6. The number of nitrogens with zero attached hydrogens (tertiary/aromatic N) is 1. The summed E-state index contributed by atoms with van der Waals surface area (Å²) in [6.07, 6.45) is 0.302. The predicted octanol–water partition coefficient (Wildman–Crippen LogP) is 5.05. The molecule has 5 heteroatoms. The Morgan fingerprint density at radius 1 is 0.935 bits per heavy atom. The van der Waals surface area contributed by atoms with Gasteiger partial charge in [0.1, 0.15) is 4.32 Å². The molecule has 0 radical (unpaired) electrons. The number of hydrogen-bond donors (Lipinski definition) is 1. The first-order valence-corrected chi connectivity index (χ1v) is 11.8. The third-order valence-corrected chi connectivity index (χ3v) is 7.20. The van der Waals surface area contributed by atoms with Crippen molar-refractivity contribution in [2.75, 3.05) is 5.75 Å². The van der Waals surface area contributed by atoms with Gasteiger partial charge in [0, 0.05) is 5.75 Å². The molecule has 1 saturated heterocycles. The van der Waals surface area contributed by atoms with E-state index in [0.717, 1.165) is 23.3 Å². The van der Waals surface area contributed by atoms with Crippen molar-refractivity contribution >= 4 is 34.2 Å². The number of thioether (sulfide) groups is 1. The summed E-state index contributed by atoms with van der Waals surface area (Å²) in [5, 5.41) is 11.2. The highest BCUT2D eigenvalue weighted by Crippen LogP contribution is 2.33. The SMILES string of the molecule is O=C([C@@H](Cc1ccccc1)[C@@H](O)c1ccccc1)N1C(=S)SC[C@@H]1Cc1ccccc1. The second-order valence-electron chi connectivity index (χ2n) is 7.78. The van der Waals surface area contributed by atoms with Crippen molar-refractivity contribution in [3.05, 3.63) is 108 Å². The highest BCUT2D eigenvalue weighted by molar-refractivity contribution is 8.23. The molecular weight excluding hydrogens is 422 g/mol. The Bertz CT molecular complexity index is 1010. The van der Waals surface area contributed by atoms with E-state index in [2.05, 4.69) is 12.1 Å². The summed E-state index contributed by atoms with van der Waals surface area (Å²) in [5.74, 6) is 0.0646. The van der Waals surface area contributed by atoms with Gasteiger partial charge in [0.05, 0.1) is 18.1 Å². The van der Waals surface area contributed by atoms with E-state index in [9.17, 15) is 9.90 Å². The Kier molecular flexibility index (Phi) is 7.17. The normalized spacial score (nSPS) is 18.0. The van der Waals surface area contributed by atoms with Gasteiger partial charge in [0.2, 0.25) is 5.91 Å². The van der Waals surface area contributed by atoms with Crippen LogP contribution in [0.5, 0.6) is 0 Å². The fraction of sp³-hybridized carbons (Fsp3) is 0.231. The number of amides is 1. The van der Waals surface area contributed by atoms with E-state index in [1.807, 2.05) is 78.9 Å². The summed E-state index contributed by atoms with van der Waals surface area (Å²) < 4.78 is 0.601. The molecule has 0 unspecified atom stereocenters. The lowest BCUT2D eigenvalue weighted by Gasteiger charge is -2.31. The third kappa shape index (κ3) is 5.24. The molecule has 3 aromatic rings. The fourth-order valence-corrected chi connectivity index (χ4v) is 5.45. The van der Waals surface area contributed by atoms with E-state index in [1.54, 1.807) is 16.7 Å². The number of carbonyl (C=O) groups excluding carboxylic acids is 1. The van der Waals surface area contributed by atoms with Crippen LogP contribution in [0.3, 0.4) is 0 Å². The molecule has 31 heavy (non-hydrogen) atoms. The van der Waals surface area contributed by atoms with Crippen LogP contribution in [-0.4, -0.2) is 32.0 Å². The van der Waals surface area contributed by atoms with E-state index < -0.39 is 12.0 Å². The van der Waals surface area contributed by atoms with E-state index in [4.69, 9.17) is 12.2 Å². The van der Waals surface area contributed by atoms with Gasteiger partial charge in [-0.25, -0.2) is 0 Å². The topological polar surface area (TPSA) is 40.5 Å². The molecule has 1 N–H and O–H groups in total. The van der Waals surface area contributed by atoms with Crippen LogP contribution in [0.15, 0.2) is 91.0 Å². The van der Waals surface area contributed by atoms with Crippen LogP contribution >= 0.6 is 24.0 Å². The van der Waals surface area contributed by atoms with Gasteiger partial charge < -0.3 is 5.11 Å². The quantitative estimate of drug-likeness (QED) is 0.515. The number of aliphatic hydroxyl groups excluding tert-OH is 1. The zero-order valence-electron chi connectivity index (χ0n) is 17.1. The Morgan fingerprint density at radius 3 is 2.10 bits per heavy atom. The molecular formula is C26H25NO2S2. The van der Waals surface area contributed by atoms with Gasteiger partial charge in [0.25, 0.3) is 0 Å². The number of rotatable bonds is 7. The van der Waals surface area contributed by atoms with Gasteiger partial charge in [-0.2, -0.15) is 0 Å². The largest absolute Gasteiger partial charge is 0.388 e. The first kappa shape index (κ1) is 21.8. The van der Waals surface area contributed by atoms with Crippen molar-refractivity contribution in [3.63, 3.8) is 0 Å². The Labute approximate surface area is 193 Å². The molecule has 1 heterocycles. The second-order valence-corrected chi connectivity index (χ2v) is 9.43. The molecule has 0 spiro atoms. The highest BCUT2D eigenvalue weighted by atomic mass is 32.2. The van der Waals surface area contributed by atoms with Crippen LogP contribution in [0.1, 0.15) is 22.8 Å². The van der Waals surface area contributed by atoms with Gasteiger partial charge in [-0.15, -0.1) is 0 Å². The molecule has 1 fully saturated rings. The molecule has 0 saturated carbocycles. The molecule has 0 aliphatic carbocycles. The maximum atomic E-state index is 13.8. The highest BCUT2D eigenvalue weighted by Gasteiger charge is 2.40. The number of carbonyl (C=O) groups is 1. The first-order valence-electron chi connectivity index (χ1n) is 10.4. The lowest BCUT2D eigenvalue weighted by molar-refractivity contribution is -0.136. The van der Waals surface area contributed by atoms with E-state index >= 15 is 0 Å². The van der Waals surface area contributed by atoms with Gasteiger partial charge in [-0.1, -0.05) is 115 Å². The molecule has 1 aliphatic rings. The van der Waals surface area contributed by atoms with Crippen LogP contribution in [-0.2, 0) is 17.6 Å². The van der Waals surface area contributed by atoms with Crippen molar-refractivity contribution in [3.8, 4) is 0 Å². The summed E-state index contributed by atoms with van der Waals surface area (Å²) in [5.41, 5.74) is 2.95. The summed E-state index contributed by atoms with van der Waals surface area (Å²) in [6.45, 7) is 0. The molecule has 1 amide bonds. The molecule has 0 aromatic heterocycles. The molecule has 0 bridgehead atoms. The van der Waals surface area contributed by atoms with Crippen LogP contribution < -0.4 is 0 Å². The van der Waals surface area contributed by atoms with Gasteiger partial charge in [0.15, 0.2) is 0 Å². The smallest absolute Gasteiger partial charge is 0.234 e. The first-order chi connectivity index (χ1) is 15.1. The molecule has 3 nitrogen and oxygen atoms in total. The van der Waals surface area contributed by atoms with E-state index in [1.165, 1.54) is 5.56 Å². The molecule has 1 aliphatic heterocycles. The minimum Gasteiger partial charge on any atom is -0.388 e. The number of hydrogen-bond acceptors (Lipinski definition) is 4. The van der Waals surface area contributed by atoms with Crippen molar-refractivity contribution in [2.24, 2.45) is 5.92 Å². The summed E-state index contributed by atoms with van der Waals surface area (Å²) in [6, 6.07) is 29.5.